The van der Waals surface area contributed by atoms with Crippen molar-refractivity contribution in [3.05, 3.63) is 29.3 Å². The molecule has 5 heteroatoms. The third-order valence-corrected chi connectivity index (χ3v) is 3.48. The number of rotatable bonds is 8. The van der Waals surface area contributed by atoms with Gasteiger partial charge < -0.3 is 16.0 Å². The Morgan fingerprint density at radius 3 is 2.59 bits per heavy atom. The Hall–Kier alpha value is -0.980. The summed E-state index contributed by atoms with van der Waals surface area (Å²) in [6.45, 7) is 5.84. The van der Waals surface area contributed by atoms with E-state index in [1.807, 2.05) is 0 Å². The van der Waals surface area contributed by atoms with E-state index in [0.717, 1.165) is 13.0 Å². The zero-order chi connectivity index (χ0) is 15.7. The third-order valence-electron chi connectivity index (χ3n) is 3.48. The highest BCUT2D eigenvalue weighted by Gasteiger charge is 2.04. The molecule has 0 aromatic heterocycles. The molecule has 0 amide bonds. The fourth-order valence-electron chi connectivity index (χ4n) is 2.22. The molecule has 0 heterocycles. The number of aryl methyl sites for hydroxylation is 1. The van der Waals surface area contributed by atoms with Crippen LogP contribution >= 0.6 is 24.0 Å². The van der Waals surface area contributed by atoms with E-state index in [2.05, 4.69) is 61.4 Å². The summed E-state index contributed by atoms with van der Waals surface area (Å²) in [5.41, 5.74) is 9.57. The molecular weight excluding hydrogens is 387 g/mol. The molecule has 0 bridgehead atoms. The van der Waals surface area contributed by atoms with Crippen LogP contribution in [0.3, 0.4) is 0 Å². The maximum Gasteiger partial charge on any atom is 0.188 e. The molecule has 0 fully saturated rings. The summed E-state index contributed by atoms with van der Waals surface area (Å²) in [6.07, 6.45) is 4.94. The predicted molar refractivity (Wildman–Crippen MR) is 108 cm³/mol. The number of anilines is 1. The lowest BCUT2D eigenvalue weighted by Crippen LogP contribution is -2.32. The van der Waals surface area contributed by atoms with Crippen LogP contribution in [0.4, 0.5) is 5.69 Å². The number of nitrogens with one attached hydrogen (secondary N) is 1. The summed E-state index contributed by atoms with van der Waals surface area (Å²) in [4.78, 5) is 6.56. The first kappa shape index (κ1) is 21.0. The second-order valence-corrected chi connectivity index (χ2v) is 5.72. The van der Waals surface area contributed by atoms with Crippen LogP contribution in [0.5, 0.6) is 0 Å². The average molecular weight is 418 g/mol. The Kier molecular flexibility index (Phi) is 11.1. The molecule has 22 heavy (non-hydrogen) atoms. The van der Waals surface area contributed by atoms with E-state index in [1.165, 1.54) is 36.1 Å². The summed E-state index contributed by atoms with van der Waals surface area (Å²) in [5, 5.41) is 3.19. The fourth-order valence-corrected chi connectivity index (χ4v) is 2.22. The van der Waals surface area contributed by atoms with Gasteiger partial charge in [-0.1, -0.05) is 38.3 Å². The molecule has 0 radical (unpaired) electrons. The molecule has 0 aliphatic heterocycles. The first-order chi connectivity index (χ1) is 10.0. The zero-order valence-electron chi connectivity index (χ0n) is 14.4. The summed E-state index contributed by atoms with van der Waals surface area (Å²) in [6, 6.07) is 6.42. The van der Waals surface area contributed by atoms with Crippen molar-refractivity contribution < 1.29 is 0 Å². The van der Waals surface area contributed by atoms with Crippen LogP contribution in [-0.4, -0.2) is 26.6 Å². The van der Waals surface area contributed by atoms with Crippen molar-refractivity contribution in [2.24, 2.45) is 10.7 Å². The lowest BCUT2D eigenvalue weighted by molar-refractivity contribution is 0.652. The van der Waals surface area contributed by atoms with Gasteiger partial charge in [0.1, 0.15) is 0 Å². The van der Waals surface area contributed by atoms with Gasteiger partial charge >= 0.3 is 0 Å². The Labute approximate surface area is 152 Å². The van der Waals surface area contributed by atoms with Crippen molar-refractivity contribution in [3.63, 3.8) is 0 Å². The van der Waals surface area contributed by atoms with E-state index >= 15 is 0 Å². The van der Waals surface area contributed by atoms with E-state index in [4.69, 9.17) is 5.73 Å². The van der Waals surface area contributed by atoms with Gasteiger partial charge in [0.25, 0.3) is 0 Å². The topological polar surface area (TPSA) is 53.6 Å². The van der Waals surface area contributed by atoms with E-state index in [-0.39, 0.29) is 24.0 Å². The summed E-state index contributed by atoms with van der Waals surface area (Å²) < 4.78 is 0. The quantitative estimate of drug-likeness (QED) is 0.293. The largest absolute Gasteiger partial charge is 0.377 e. The molecule has 0 aliphatic rings. The van der Waals surface area contributed by atoms with Gasteiger partial charge in [-0.2, -0.15) is 0 Å². The highest BCUT2D eigenvalue weighted by molar-refractivity contribution is 14.0. The van der Waals surface area contributed by atoms with Crippen LogP contribution in [0.2, 0.25) is 0 Å². The number of nitrogens with zero attached hydrogens (tertiary/aromatic N) is 2. The van der Waals surface area contributed by atoms with E-state index in [1.54, 1.807) is 0 Å². The van der Waals surface area contributed by atoms with Gasteiger partial charge in [-0.3, -0.25) is 0 Å². The molecule has 0 atom stereocenters. The number of hydrogen-bond acceptors (Lipinski definition) is 2. The predicted octanol–water partition coefficient (Wildman–Crippen LogP) is 3.66. The molecule has 0 spiro atoms. The van der Waals surface area contributed by atoms with Gasteiger partial charge in [0.05, 0.1) is 6.54 Å². The first-order valence-corrected chi connectivity index (χ1v) is 7.85. The summed E-state index contributed by atoms with van der Waals surface area (Å²) >= 11 is 0. The molecule has 0 saturated carbocycles. The van der Waals surface area contributed by atoms with Gasteiger partial charge in [0.15, 0.2) is 5.96 Å². The van der Waals surface area contributed by atoms with Crippen LogP contribution in [0, 0.1) is 6.92 Å². The molecule has 1 aromatic rings. The summed E-state index contributed by atoms with van der Waals surface area (Å²) in [5.74, 6) is 0.539. The van der Waals surface area contributed by atoms with E-state index < -0.39 is 0 Å². The van der Waals surface area contributed by atoms with Crippen molar-refractivity contribution in [1.82, 2.24) is 5.32 Å². The maximum atomic E-state index is 5.92. The molecule has 0 saturated heterocycles. The smallest absolute Gasteiger partial charge is 0.188 e. The second-order valence-electron chi connectivity index (χ2n) is 5.72. The number of hydrogen-bond donors (Lipinski definition) is 2. The van der Waals surface area contributed by atoms with Gasteiger partial charge in [-0.15, -0.1) is 24.0 Å². The SMILES string of the molecule is CCCCCCNC(N)=NCc1ccc(C)cc1N(C)C.I. The number of nitrogens with two attached hydrogens (primary N) is 1. The number of benzene rings is 1. The molecule has 0 aliphatic carbocycles. The van der Waals surface area contributed by atoms with Gasteiger partial charge in [-0.05, 0) is 30.5 Å². The van der Waals surface area contributed by atoms with Crippen molar-refractivity contribution in [2.75, 3.05) is 25.5 Å². The molecule has 0 unspecified atom stereocenters. The highest BCUT2D eigenvalue weighted by Crippen LogP contribution is 2.20. The molecule has 126 valence electrons. The monoisotopic (exact) mass is 418 g/mol. The lowest BCUT2D eigenvalue weighted by Gasteiger charge is -2.17. The summed E-state index contributed by atoms with van der Waals surface area (Å²) in [7, 11) is 4.11. The number of unbranched alkanes of at least 4 members (excludes halogenated alkanes) is 3. The second kappa shape index (κ2) is 11.6. The minimum Gasteiger partial charge on any atom is -0.377 e. The van der Waals surface area contributed by atoms with Crippen molar-refractivity contribution in [1.29, 1.82) is 0 Å². The standard InChI is InChI=1S/C17H30N4.HI/c1-5-6-7-8-11-19-17(18)20-13-15-10-9-14(2)12-16(15)21(3)4;/h9-10,12H,5-8,11,13H2,1-4H3,(H3,18,19,20);1H. The number of aliphatic imine (C=N–C) groups is 1. The van der Waals surface area contributed by atoms with Crippen LogP contribution in [0.25, 0.3) is 0 Å². The Balaban J connectivity index is 0.00000441. The van der Waals surface area contributed by atoms with Crippen molar-refractivity contribution in [2.45, 2.75) is 46.1 Å². The highest BCUT2D eigenvalue weighted by atomic mass is 127. The fraction of sp³-hybridized carbons (Fsp3) is 0.588. The Morgan fingerprint density at radius 2 is 1.95 bits per heavy atom. The van der Waals surface area contributed by atoms with Crippen LogP contribution in [0.15, 0.2) is 23.2 Å². The third kappa shape index (κ3) is 7.87. The maximum absolute atomic E-state index is 5.92. The van der Waals surface area contributed by atoms with Crippen molar-refractivity contribution >= 4 is 35.6 Å². The van der Waals surface area contributed by atoms with Gasteiger partial charge in [0, 0.05) is 26.3 Å². The molecule has 4 nitrogen and oxygen atoms in total. The zero-order valence-corrected chi connectivity index (χ0v) is 16.7. The molecule has 1 aromatic carbocycles. The molecular formula is C17H31IN4. The van der Waals surface area contributed by atoms with Crippen LogP contribution in [0.1, 0.15) is 43.7 Å². The lowest BCUT2D eigenvalue weighted by atomic mass is 10.1. The first-order valence-electron chi connectivity index (χ1n) is 7.85. The van der Waals surface area contributed by atoms with E-state index in [0.29, 0.717) is 12.5 Å². The molecule has 3 N–H and O–H groups in total. The van der Waals surface area contributed by atoms with Crippen LogP contribution < -0.4 is 16.0 Å². The minimum absolute atomic E-state index is 0. The van der Waals surface area contributed by atoms with Crippen molar-refractivity contribution in [3.8, 4) is 0 Å². The van der Waals surface area contributed by atoms with Gasteiger partial charge in [0.2, 0.25) is 0 Å². The normalized spacial score (nSPS) is 11.0. The van der Waals surface area contributed by atoms with E-state index in [9.17, 15) is 0 Å². The average Bonchev–Trinajstić information content (AvgIpc) is 2.45. The number of halogens is 1. The molecule has 1 rings (SSSR count). The number of guanidine groups is 1. The Bertz CT molecular complexity index is 458. The minimum atomic E-state index is 0. The van der Waals surface area contributed by atoms with Crippen LogP contribution in [-0.2, 0) is 6.54 Å². The Morgan fingerprint density at radius 1 is 1.23 bits per heavy atom. The van der Waals surface area contributed by atoms with Gasteiger partial charge in [-0.25, -0.2) is 4.99 Å².